The van der Waals surface area contributed by atoms with E-state index in [0.29, 0.717) is 12.1 Å². The third kappa shape index (κ3) is 4.78. The first-order chi connectivity index (χ1) is 9.49. The lowest BCUT2D eigenvalue weighted by molar-refractivity contribution is 0.0859. The minimum absolute atomic E-state index is 0.197. The van der Waals surface area contributed by atoms with E-state index < -0.39 is 0 Å². The molecule has 20 heavy (non-hydrogen) atoms. The molecule has 0 saturated heterocycles. The first-order valence-corrected chi connectivity index (χ1v) is 7.06. The molecule has 0 aliphatic rings. The van der Waals surface area contributed by atoms with Crippen LogP contribution in [0.3, 0.4) is 0 Å². The molecular formula is C16H28N2O2. The van der Waals surface area contributed by atoms with Crippen molar-refractivity contribution in [3.8, 4) is 5.75 Å². The summed E-state index contributed by atoms with van der Waals surface area (Å²) in [6.45, 7) is 5.09. The number of hydrogen-bond donors (Lipinski definition) is 1. The molecule has 1 aromatic carbocycles. The highest BCUT2D eigenvalue weighted by atomic mass is 16.5. The Bertz CT molecular complexity index is 396. The Balaban J connectivity index is 2.74. The summed E-state index contributed by atoms with van der Waals surface area (Å²) >= 11 is 0. The standard InChI is InChI=1S/C16H28N2O2/c1-12(13(2)19-5)17-11-16(18(3)4)14-8-7-9-15(10-14)20-6/h7-10,12-13,16-17H,11H2,1-6H3. The first-order valence-electron chi connectivity index (χ1n) is 7.06. The number of ether oxygens (including phenoxy) is 2. The van der Waals surface area contributed by atoms with Crippen LogP contribution >= 0.6 is 0 Å². The van der Waals surface area contributed by atoms with Gasteiger partial charge >= 0.3 is 0 Å². The van der Waals surface area contributed by atoms with Crippen molar-refractivity contribution >= 4 is 0 Å². The number of rotatable bonds is 8. The van der Waals surface area contributed by atoms with Crippen molar-refractivity contribution in [2.24, 2.45) is 0 Å². The zero-order valence-electron chi connectivity index (χ0n) is 13.5. The summed E-state index contributed by atoms with van der Waals surface area (Å²) < 4.78 is 10.7. The molecule has 0 aliphatic heterocycles. The van der Waals surface area contributed by atoms with Gasteiger partial charge in [-0.3, -0.25) is 0 Å². The fourth-order valence-corrected chi connectivity index (χ4v) is 2.11. The highest BCUT2D eigenvalue weighted by Gasteiger charge is 2.17. The Kier molecular flexibility index (Phi) is 6.99. The summed E-state index contributed by atoms with van der Waals surface area (Å²) in [5, 5.41) is 3.54. The van der Waals surface area contributed by atoms with Crippen molar-refractivity contribution in [2.45, 2.75) is 32.0 Å². The van der Waals surface area contributed by atoms with E-state index in [2.05, 4.69) is 50.3 Å². The Morgan fingerprint density at radius 3 is 2.45 bits per heavy atom. The monoisotopic (exact) mass is 280 g/mol. The molecule has 114 valence electrons. The lowest BCUT2D eigenvalue weighted by atomic mass is 10.0. The van der Waals surface area contributed by atoms with Gasteiger partial charge < -0.3 is 19.7 Å². The van der Waals surface area contributed by atoms with E-state index in [1.165, 1.54) is 5.56 Å². The summed E-state index contributed by atoms with van der Waals surface area (Å²) in [7, 11) is 7.63. The van der Waals surface area contributed by atoms with Crippen molar-refractivity contribution < 1.29 is 9.47 Å². The number of nitrogens with one attached hydrogen (secondary N) is 1. The van der Waals surface area contributed by atoms with Crippen LogP contribution in [0.1, 0.15) is 25.5 Å². The maximum Gasteiger partial charge on any atom is 0.119 e. The van der Waals surface area contributed by atoms with Crippen molar-refractivity contribution in [2.75, 3.05) is 34.9 Å². The molecule has 1 N–H and O–H groups in total. The fraction of sp³-hybridized carbons (Fsp3) is 0.625. The van der Waals surface area contributed by atoms with Gasteiger partial charge in [-0.05, 0) is 45.6 Å². The largest absolute Gasteiger partial charge is 0.497 e. The second kappa shape index (κ2) is 8.25. The Morgan fingerprint density at radius 2 is 1.90 bits per heavy atom. The van der Waals surface area contributed by atoms with Gasteiger partial charge in [0.2, 0.25) is 0 Å². The van der Waals surface area contributed by atoms with Crippen LogP contribution in [0.4, 0.5) is 0 Å². The summed E-state index contributed by atoms with van der Waals surface area (Å²) in [4.78, 5) is 2.21. The van der Waals surface area contributed by atoms with Crippen molar-refractivity contribution in [1.82, 2.24) is 10.2 Å². The molecule has 4 heteroatoms. The predicted molar refractivity (Wildman–Crippen MR) is 83.4 cm³/mol. The van der Waals surface area contributed by atoms with E-state index in [9.17, 15) is 0 Å². The Labute approximate surface area is 123 Å². The Morgan fingerprint density at radius 1 is 1.20 bits per heavy atom. The molecule has 0 radical (unpaired) electrons. The number of nitrogens with zero attached hydrogens (tertiary/aromatic N) is 1. The van der Waals surface area contributed by atoms with Gasteiger partial charge in [0.1, 0.15) is 5.75 Å². The lowest BCUT2D eigenvalue weighted by Crippen LogP contribution is -2.41. The average molecular weight is 280 g/mol. The summed E-state index contributed by atoms with van der Waals surface area (Å²) in [5.41, 5.74) is 1.25. The zero-order valence-corrected chi connectivity index (χ0v) is 13.5. The van der Waals surface area contributed by atoms with Gasteiger partial charge in [0.05, 0.1) is 13.2 Å². The van der Waals surface area contributed by atoms with Crippen LogP contribution in [-0.2, 0) is 4.74 Å². The van der Waals surface area contributed by atoms with E-state index in [0.717, 1.165) is 12.3 Å². The molecule has 0 amide bonds. The minimum Gasteiger partial charge on any atom is -0.497 e. The second-order valence-corrected chi connectivity index (χ2v) is 5.39. The maximum absolute atomic E-state index is 5.35. The molecule has 0 aromatic heterocycles. The molecule has 0 fully saturated rings. The molecule has 0 saturated carbocycles. The maximum atomic E-state index is 5.35. The molecule has 0 aliphatic carbocycles. The van der Waals surface area contributed by atoms with E-state index in [1.54, 1.807) is 14.2 Å². The summed E-state index contributed by atoms with van der Waals surface area (Å²) in [6.07, 6.45) is 0.197. The Hall–Kier alpha value is -1.10. The molecule has 0 spiro atoms. The molecule has 3 unspecified atom stereocenters. The van der Waals surface area contributed by atoms with Gasteiger partial charge in [-0.1, -0.05) is 12.1 Å². The quantitative estimate of drug-likeness (QED) is 0.792. The van der Waals surface area contributed by atoms with Gasteiger partial charge in [0.25, 0.3) is 0 Å². The van der Waals surface area contributed by atoms with Crippen LogP contribution in [0.5, 0.6) is 5.75 Å². The predicted octanol–water partition coefficient (Wildman–Crippen LogP) is 2.31. The highest BCUT2D eigenvalue weighted by molar-refractivity contribution is 5.30. The molecule has 3 atom stereocenters. The van der Waals surface area contributed by atoms with E-state index in [-0.39, 0.29) is 6.10 Å². The van der Waals surface area contributed by atoms with Crippen LogP contribution in [0, 0.1) is 0 Å². The topological polar surface area (TPSA) is 33.7 Å². The van der Waals surface area contributed by atoms with Crippen molar-refractivity contribution in [3.05, 3.63) is 29.8 Å². The van der Waals surface area contributed by atoms with Crippen molar-refractivity contribution in [3.63, 3.8) is 0 Å². The van der Waals surface area contributed by atoms with Gasteiger partial charge in [-0.15, -0.1) is 0 Å². The SMILES string of the molecule is COc1cccc(C(CNC(C)C(C)OC)N(C)C)c1. The number of methoxy groups -OCH3 is 2. The summed E-state index contributed by atoms with van der Waals surface area (Å²) in [5.74, 6) is 0.896. The third-order valence-electron chi connectivity index (χ3n) is 3.81. The van der Waals surface area contributed by atoms with Crippen LogP contribution in [-0.4, -0.2) is 51.9 Å². The first kappa shape index (κ1) is 17.0. The molecule has 1 rings (SSSR count). The second-order valence-electron chi connectivity index (χ2n) is 5.39. The molecule has 1 aromatic rings. The zero-order chi connectivity index (χ0) is 15.1. The van der Waals surface area contributed by atoms with Crippen LogP contribution in [0.2, 0.25) is 0 Å². The van der Waals surface area contributed by atoms with Gasteiger partial charge in [-0.2, -0.15) is 0 Å². The molecule has 4 nitrogen and oxygen atoms in total. The van der Waals surface area contributed by atoms with Crippen molar-refractivity contribution in [1.29, 1.82) is 0 Å². The lowest BCUT2D eigenvalue weighted by Gasteiger charge is -2.28. The van der Waals surface area contributed by atoms with Gasteiger partial charge in [0.15, 0.2) is 0 Å². The van der Waals surface area contributed by atoms with E-state index in [1.807, 2.05) is 12.1 Å². The third-order valence-corrected chi connectivity index (χ3v) is 3.81. The van der Waals surface area contributed by atoms with Crippen LogP contribution in [0.15, 0.2) is 24.3 Å². The average Bonchev–Trinajstić information content (AvgIpc) is 2.46. The minimum atomic E-state index is 0.197. The summed E-state index contributed by atoms with van der Waals surface area (Å²) in [6, 6.07) is 8.85. The normalized spacial score (nSPS) is 15.9. The smallest absolute Gasteiger partial charge is 0.119 e. The molecule has 0 bridgehead atoms. The molecule has 0 heterocycles. The van der Waals surface area contributed by atoms with E-state index in [4.69, 9.17) is 9.47 Å². The number of hydrogen-bond acceptors (Lipinski definition) is 4. The van der Waals surface area contributed by atoms with Crippen LogP contribution in [0.25, 0.3) is 0 Å². The number of benzene rings is 1. The van der Waals surface area contributed by atoms with E-state index >= 15 is 0 Å². The fourth-order valence-electron chi connectivity index (χ4n) is 2.11. The molecular weight excluding hydrogens is 252 g/mol. The van der Waals surface area contributed by atoms with Crippen LogP contribution < -0.4 is 10.1 Å². The van der Waals surface area contributed by atoms with Gasteiger partial charge in [-0.25, -0.2) is 0 Å². The van der Waals surface area contributed by atoms with Gasteiger partial charge in [0, 0.05) is 25.7 Å². The highest BCUT2D eigenvalue weighted by Crippen LogP contribution is 2.22. The number of likely N-dealkylation sites (N-methyl/N-ethyl adjacent to an activating group) is 1.